The van der Waals surface area contributed by atoms with E-state index in [2.05, 4.69) is 15.4 Å². The summed E-state index contributed by atoms with van der Waals surface area (Å²) in [6, 6.07) is 14.2. The fraction of sp³-hybridized carbons (Fsp3) is 0.150. The van der Waals surface area contributed by atoms with E-state index in [1.807, 2.05) is 36.4 Å². The van der Waals surface area contributed by atoms with E-state index < -0.39 is 12.0 Å². The number of aromatic nitrogens is 3. The van der Waals surface area contributed by atoms with Crippen LogP contribution in [0.1, 0.15) is 17.2 Å². The summed E-state index contributed by atoms with van der Waals surface area (Å²) in [5.41, 5.74) is 2.66. The Morgan fingerprint density at radius 1 is 1.11 bits per heavy atom. The lowest BCUT2D eigenvalue weighted by molar-refractivity contribution is -0.136. The molecule has 142 valence electrons. The van der Waals surface area contributed by atoms with Crippen molar-refractivity contribution >= 4 is 29.2 Å². The smallest absolute Gasteiger partial charge is 0.338 e. The number of methoxy groups -OCH3 is 2. The van der Waals surface area contributed by atoms with Gasteiger partial charge in [0.15, 0.2) is 0 Å². The Balaban J connectivity index is 1.93. The van der Waals surface area contributed by atoms with Crippen molar-refractivity contribution in [3.63, 3.8) is 0 Å². The first-order chi connectivity index (χ1) is 13.6. The maximum atomic E-state index is 12.8. The molecule has 0 amide bonds. The number of carbonyl (C=O) groups excluding carboxylic acids is 1. The molecule has 0 radical (unpaired) electrons. The highest BCUT2D eigenvalue weighted by molar-refractivity contribution is 6.30. The highest BCUT2D eigenvalue weighted by Crippen LogP contribution is 2.39. The van der Waals surface area contributed by atoms with Gasteiger partial charge in [0.25, 0.3) is 0 Å². The fourth-order valence-electron chi connectivity index (χ4n) is 3.23. The minimum absolute atomic E-state index is 0.424. The lowest BCUT2D eigenvalue weighted by atomic mass is 9.93. The van der Waals surface area contributed by atoms with Crippen LogP contribution in [-0.4, -0.2) is 35.0 Å². The molecule has 3 aromatic rings. The van der Waals surface area contributed by atoms with Crippen LogP contribution in [0.25, 0.3) is 5.70 Å². The van der Waals surface area contributed by atoms with E-state index in [4.69, 9.17) is 21.1 Å². The average Bonchev–Trinajstić information content (AvgIpc) is 3.21. The molecule has 0 aliphatic carbocycles. The number of carbonyl (C=O) groups is 1. The van der Waals surface area contributed by atoms with Crippen molar-refractivity contribution in [2.75, 3.05) is 19.5 Å². The lowest BCUT2D eigenvalue weighted by Crippen LogP contribution is -2.29. The van der Waals surface area contributed by atoms with Gasteiger partial charge in [0.1, 0.15) is 18.1 Å². The molecule has 2 aromatic carbocycles. The SMILES string of the molecule is COC(=O)C1=C(c2ccc(Cl)cc2)Nc2ncnn2[C@@H]1c1ccc(OC)cc1. The van der Waals surface area contributed by atoms with Crippen LogP contribution in [0, 0.1) is 0 Å². The number of halogens is 1. The molecule has 8 heteroatoms. The number of nitrogens with one attached hydrogen (secondary N) is 1. The predicted octanol–water partition coefficient (Wildman–Crippen LogP) is 3.54. The van der Waals surface area contributed by atoms with Gasteiger partial charge in [0.05, 0.1) is 25.5 Å². The van der Waals surface area contributed by atoms with Crippen LogP contribution in [0.5, 0.6) is 5.75 Å². The standard InChI is InChI=1S/C20H17ClN4O3/c1-27-15-9-5-13(6-10-15)18-16(19(26)28-2)17(12-3-7-14(21)8-4-12)24-20-22-11-23-25(18)20/h3-11,18H,1-2H3,(H,22,23,24)/t18-/m1/s1. The molecule has 4 rings (SSSR count). The van der Waals surface area contributed by atoms with Gasteiger partial charge in [0, 0.05) is 5.02 Å². The van der Waals surface area contributed by atoms with Crippen molar-refractivity contribution in [1.82, 2.24) is 14.8 Å². The van der Waals surface area contributed by atoms with Gasteiger partial charge in [-0.1, -0.05) is 35.9 Å². The number of nitrogens with zero attached hydrogens (tertiary/aromatic N) is 3. The molecule has 1 N–H and O–H groups in total. The van der Waals surface area contributed by atoms with Crippen molar-refractivity contribution in [3.8, 4) is 5.75 Å². The van der Waals surface area contributed by atoms with E-state index in [0.717, 1.165) is 16.9 Å². The van der Waals surface area contributed by atoms with Gasteiger partial charge in [0.2, 0.25) is 5.95 Å². The Hall–Kier alpha value is -3.32. The molecule has 1 aliphatic heterocycles. The molecule has 28 heavy (non-hydrogen) atoms. The molecule has 1 aromatic heterocycles. The first-order valence-corrected chi connectivity index (χ1v) is 8.89. The van der Waals surface area contributed by atoms with E-state index in [0.29, 0.717) is 22.2 Å². The summed E-state index contributed by atoms with van der Waals surface area (Å²) in [6.07, 6.45) is 1.44. The molecule has 0 saturated heterocycles. The molecule has 7 nitrogen and oxygen atoms in total. The van der Waals surface area contributed by atoms with Gasteiger partial charge in [-0.05, 0) is 35.4 Å². The van der Waals surface area contributed by atoms with Gasteiger partial charge in [-0.15, -0.1) is 0 Å². The zero-order chi connectivity index (χ0) is 19.7. The van der Waals surface area contributed by atoms with Gasteiger partial charge < -0.3 is 14.8 Å². The third-order valence-corrected chi connectivity index (χ3v) is 4.82. The van der Waals surface area contributed by atoms with Crippen LogP contribution in [0.3, 0.4) is 0 Å². The number of ether oxygens (including phenoxy) is 2. The van der Waals surface area contributed by atoms with Crippen molar-refractivity contribution in [2.45, 2.75) is 6.04 Å². The quantitative estimate of drug-likeness (QED) is 0.679. The zero-order valence-electron chi connectivity index (χ0n) is 15.2. The summed E-state index contributed by atoms with van der Waals surface area (Å²) < 4.78 is 12.0. The number of benzene rings is 2. The highest BCUT2D eigenvalue weighted by Gasteiger charge is 2.35. The third kappa shape index (κ3) is 3.10. The van der Waals surface area contributed by atoms with Gasteiger partial charge >= 0.3 is 5.97 Å². The van der Waals surface area contributed by atoms with Gasteiger partial charge in [-0.25, -0.2) is 9.48 Å². The van der Waals surface area contributed by atoms with E-state index >= 15 is 0 Å². The van der Waals surface area contributed by atoms with E-state index in [1.54, 1.807) is 23.9 Å². The fourth-order valence-corrected chi connectivity index (χ4v) is 3.35. The first-order valence-electron chi connectivity index (χ1n) is 8.51. The summed E-state index contributed by atoms with van der Waals surface area (Å²) in [4.78, 5) is 17.1. The minimum Gasteiger partial charge on any atom is -0.497 e. The predicted molar refractivity (Wildman–Crippen MR) is 105 cm³/mol. The maximum Gasteiger partial charge on any atom is 0.338 e. The molecular formula is C20H17ClN4O3. The van der Waals surface area contributed by atoms with Crippen LogP contribution in [0.2, 0.25) is 5.02 Å². The molecule has 0 saturated carbocycles. The van der Waals surface area contributed by atoms with Gasteiger partial charge in [-0.2, -0.15) is 10.1 Å². The van der Waals surface area contributed by atoms with Crippen molar-refractivity contribution < 1.29 is 14.3 Å². The highest BCUT2D eigenvalue weighted by atomic mass is 35.5. The number of fused-ring (bicyclic) bond motifs is 1. The zero-order valence-corrected chi connectivity index (χ0v) is 16.0. The van der Waals surface area contributed by atoms with Gasteiger partial charge in [-0.3, -0.25) is 0 Å². The van der Waals surface area contributed by atoms with Crippen LogP contribution in [0.4, 0.5) is 5.95 Å². The van der Waals surface area contributed by atoms with E-state index in [9.17, 15) is 4.79 Å². The largest absolute Gasteiger partial charge is 0.497 e. The number of rotatable bonds is 4. The molecule has 0 spiro atoms. The Labute approximate surface area is 166 Å². The van der Waals surface area contributed by atoms with E-state index in [1.165, 1.54) is 13.4 Å². The monoisotopic (exact) mass is 396 g/mol. The maximum absolute atomic E-state index is 12.8. The summed E-state index contributed by atoms with van der Waals surface area (Å²) >= 11 is 6.03. The molecular weight excluding hydrogens is 380 g/mol. The van der Waals surface area contributed by atoms with Crippen LogP contribution in [0.15, 0.2) is 60.4 Å². The Kier molecular flexibility index (Phi) is 4.75. The lowest BCUT2D eigenvalue weighted by Gasteiger charge is -2.29. The van der Waals surface area contributed by atoms with Crippen molar-refractivity contribution in [2.24, 2.45) is 0 Å². The number of hydrogen-bond donors (Lipinski definition) is 1. The molecule has 2 heterocycles. The second-order valence-electron chi connectivity index (χ2n) is 6.12. The number of anilines is 1. The third-order valence-electron chi connectivity index (χ3n) is 4.57. The second-order valence-corrected chi connectivity index (χ2v) is 6.55. The van der Waals surface area contributed by atoms with Crippen LogP contribution in [-0.2, 0) is 9.53 Å². The topological polar surface area (TPSA) is 78.3 Å². The molecule has 1 atom stereocenters. The molecule has 0 bridgehead atoms. The summed E-state index contributed by atoms with van der Waals surface area (Å²) in [5, 5.41) is 8.12. The second kappa shape index (κ2) is 7.36. The number of esters is 1. The molecule has 1 aliphatic rings. The first kappa shape index (κ1) is 18.1. The minimum atomic E-state index is -0.511. The van der Waals surface area contributed by atoms with Crippen molar-refractivity contribution in [3.05, 3.63) is 76.6 Å². The van der Waals surface area contributed by atoms with E-state index in [-0.39, 0.29) is 0 Å². The average molecular weight is 397 g/mol. The van der Waals surface area contributed by atoms with Crippen molar-refractivity contribution in [1.29, 1.82) is 0 Å². The summed E-state index contributed by atoms with van der Waals surface area (Å²) in [7, 11) is 2.96. The van der Waals surface area contributed by atoms with Crippen LogP contribution >= 0.6 is 11.6 Å². The Morgan fingerprint density at radius 2 is 1.82 bits per heavy atom. The molecule has 0 fully saturated rings. The Morgan fingerprint density at radius 3 is 2.46 bits per heavy atom. The summed E-state index contributed by atoms with van der Waals surface area (Å²) in [6.45, 7) is 0. The molecule has 0 unspecified atom stereocenters. The number of hydrogen-bond acceptors (Lipinski definition) is 6. The Bertz CT molecular complexity index is 1040. The normalized spacial score (nSPS) is 15.6. The van der Waals surface area contributed by atoms with Crippen LogP contribution < -0.4 is 10.1 Å². The summed E-state index contributed by atoms with van der Waals surface area (Å²) in [5.74, 6) is 0.788.